The number of carbonyl (C=O) groups is 1. The molecule has 2 rings (SSSR count). The molecule has 1 atom stereocenters. The summed E-state index contributed by atoms with van der Waals surface area (Å²) in [6.07, 6.45) is -2.02. The van der Waals surface area contributed by atoms with Crippen molar-refractivity contribution in [2.45, 2.75) is 6.18 Å². The minimum Gasteiger partial charge on any atom is -0.470 e. The second-order valence-electron chi connectivity index (χ2n) is 3.48. The van der Waals surface area contributed by atoms with Crippen molar-refractivity contribution in [3.05, 3.63) is 18.6 Å². The van der Waals surface area contributed by atoms with Crippen LogP contribution in [0, 0.1) is 5.92 Å². The quantitative estimate of drug-likeness (QED) is 0.784. The van der Waals surface area contributed by atoms with Gasteiger partial charge in [0.15, 0.2) is 11.0 Å². The zero-order valence-electron chi connectivity index (χ0n) is 8.32. The highest BCUT2D eigenvalue weighted by atomic mass is 32.1. The molecule has 1 amide bonds. The zero-order valence-corrected chi connectivity index (χ0v) is 9.14. The number of nitrogens with zero attached hydrogens (tertiary/aromatic N) is 1. The largest absolute Gasteiger partial charge is 0.470 e. The molecular formula is C9H7F3N2O2S. The third-order valence-electron chi connectivity index (χ3n) is 2.37. The number of hydrogen-bond acceptors (Lipinski definition) is 3. The van der Waals surface area contributed by atoms with Gasteiger partial charge in [-0.2, -0.15) is 13.2 Å². The summed E-state index contributed by atoms with van der Waals surface area (Å²) in [4.78, 5) is 12.4. The average Bonchev–Trinajstić information content (AvgIpc) is 2.68. The Morgan fingerprint density at radius 2 is 2.24 bits per heavy atom. The molecule has 0 aliphatic carbocycles. The highest BCUT2D eigenvalue weighted by Crippen LogP contribution is 2.31. The molecule has 1 unspecified atom stereocenters. The number of carbonyl (C=O) groups excluding carboxylic acids is 1. The first-order valence-electron chi connectivity index (χ1n) is 4.61. The van der Waals surface area contributed by atoms with E-state index >= 15 is 0 Å². The fourth-order valence-electron chi connectivity index (χ4n) is 1.49. The SMILES string of the molecule is O=C1NC(=S)N(c2ccoc2)CC1C(F)(F)F. The lowest BCUT2D eigenvalue weighted by molar-refractivity contribution is -0.180. The first kappa shape index (κ1) is 11.9. The van der Waals surface area contributed by atoms with E-state index in [1.807, 2.05) is 5.32 Å². The number of rotatable bonds is 1. The van der Waals surface area contributed by atoms with Crippen LogP contribution < -0.4 is 10.2 Å². The maximum absolute atomic E-state index is 12.6. The minimum absolute atomic E-state index is 0.0584. The summed E-state index contributed by atoms with van der Waals surface area (Å²) in [6, 6.07) is 1.47. The predicted molar refractivity (Wildman–Crippen MR) is 56.3 cm³/mol. The van der Waals surface area contributed by atoms with Crippen LogP contribution in [0.3, 0.4) is 0 Å². The Balaban J connectivity index is 2.25. The first-order valence-corrected chi connectivity index (χ1v) is 5.01. The molecule has 0 bridgehead atoms. The molecule has 1 fully saturated rings. The summed E-state index contributed by atoms with van der Waals surface area (Å²) in [7, 11) is 0. The van der Waals surface area contributed by atoms with E-state index in [4.69, 9.17) is 16.6 Å². The normalized spacial score (nSPS) is 21.6. The Labute approximate surface area is 99.4 Å². The van der Waals surface area contributed by atoms with E-state index in [2.05, 4.69) is 0 Å². The van der Waals surface area contributed by atoms with Crippen molar-refractivity contribution >= 4 is 28.9 Å². The number of furan rings is 1. The van der Waals surface area contributed by atoms with Crippen LogP contribution in [0.5, 0.6) is 0 Å². The van der Waals surface area contributed by atoms with Gasteiger partial charge in [0.2, 0.25) is 5.91 Å². The smallest absolute Gasteiger partial charge is 0.402 e. The van der Waals surface area contributed by atoms with E-state index in [1.165, 1.54) is 23.5 Å². The summed E-state index contributed by atoms with van der Waals surface area (Å²) < 4.78 is 42.5. The highest BCUT2D eigenvalue weighted by Gasteiger charge is 2.49. The molecular weight excluding hydrogens is 257 g/mol. The summed E-state index contributed by atoms with van der Waals surface area (Å²) in [5.74, 6) is -3.22. The van der Waals surface area contributed by atoms with Gasteiger partial charge in [-0.15, -0.1) is 0 Å². The molecule has 1 aliphatic heterocycles. The molecule has 1 aromatic heterocycles. The number of thiocarbonyl (C=S) groups is 1. The van der Waals surface area contributed by atoms with Gasteiger partial charge in [-0.3, -0.25) is 4.79 Å². The number of amides is 1. The Kier molecular flexibility index (Phi) is 2.82. The van der Waals surface area contributed by atoms with Gasteiger partial charge < -0.3 is 14.6 Å². The molecule has 1 N–H and O–H groups in total. The van der Waals surface area contributed by atoms with E-state index in [1.54, 1.807) is 0 Å². The van der Waals surface area contributed by atoms with Crippen LogP contribution in [-0.4, -0.2) is 23.7 Å². The van der Waals surface area contributed by atoms with Gasteiger partial charge in [0.1, 0.15) is 6.26 Å². The van der Waals surface area contributed by atoms with Gasteiger partial charge in [0, 0.05) is 12.6 Å². The summed E-state index contributed by atoms with van der Waals surface area (Å²) >= 11 is 4.81. The third kappa shape index (κ3) is 2.26. The van der Waals surface area contributed by atoms with Crippen LogP contribution in [-0.2, 0) is 4.79 Å². The number of anilines is 1. The molecule has 0 saturated carbocycles. The van der Waals surface area contributed by atoms with Crippen LogP contribution in [0.25, 0.3) is 0 Å². The molecule has 0 spiro atoms. The second-order valence-corrected chi connectivity index (χ2v) is 3.87. The van der Waals surface area contributed by atoms with Crippen LogP contribution in [0.1, 0.15) is 0 Å². The van der Waals surface area contributed by atoms with Crippen molar-refractivity contribution in [2.75, 3.05) is 11.4 Å². The molecule has 1 aromatic rings. The molecule has 2 heterocycles. The number of hydrogen-bond donors (Lipinski definition) is 1. The number of nitrogens with one attached hydrogen (secondary N) is 1. The lowest BCUT2D eigenvalue weighted by atomic mass is 10.1. The van der Waals surface area contributed by atoms with Gasteiger partial charge in [0.25, 0.3) is 0 Å². The lowest BCUT2D eigenvalue weighted by Crippen LogP contribution is -2.58. The third-order valence-corrected chi connectivity index (χ3v) is 2.69. The molecule has 0 aromatic carbocycles. The maximum atomic E-state index is 12.6. The van der Waals surface area contributed by atoms with Crippen molar-refractivity contribution in [3.8, 4) is 0 Å². The van der Waals surface area contributed by atoms with Crippen LogP contribution >= 0.6 is 12.2 Å². The van der Waals surface area contributed by atoms with E-state index in [-0.39, 0.29) is 5.11 Å². The standard InChI is InChI=1S/C9H7F3N2O2S/c10-9(11,12)6-3-14(5-1-2-16-4-5)8(17)13-7(6)15/h1-2,4,6H,3H2,(H,13,15,17). The molecule has 92 valence electrons. The van der Waals surface area contributed by atoms with E-state index < -0.39 is 24.5 Å². The van der Waals surface area contributed by atoms with E-state index in [0.717, 1.165) is 0 Å². The maximum Gasteiger partial charge on any atom is 0.402 e. The van der Waals surface area contributed by atoms with Crippen LogP contribution in [0.2, 0.25) is 0 Å². The van der Waals surface area contributed by atoms with Crippen molar-refractivity contribution in [1.82, 2.24) is 5.32 Å². The average molecular weight is 264 g/mol. The van der Waals surface area contributed by atoms with Gasteiger partial charge >= 0.3 is 6.18 Å². The van der Waals surface area contributed by atoms with E-state index in [0.29, 0.717) is 5.69 Å². The summed E-state index contributed by atoms with van der Waals surface area (Å²) in [5, 5.41) is 1.97. The number of alkyl halides is 3. The van der Waals surface area contributed by atoms with E-state index in [9.17, 15) is 18.0 Å². The second kappa shape index (κ2) is 4.02. The van der Waals surface area contributed by atoms with Gasteiger partial charge in [-0.05, 0) is 12.2 Å². The molecule has 4 nitrogen and oxygen atoms in total. The van der Waals surface area contributed by atoms with Gasteiger partial charge in [-0.1, -0.05) is 0 Å². The Hall–Kier alpha value is -1.57. The predicted octanol–water partition coefficient (Wildman–Crippen LogP) is 1.68. The van der Waals surface area contributed by atoms with Gasteiger partial charge in [-0.25, -0.2) is 0 Å². The number of halogens is 3. The van der Waals surface area contributed by atoms with Crippen molar-refractivity contribution in [3.63, 3.8) is 0 Å². The Morgan fingerprint density at radius 3 is 2.76 bits per heavy atom. The molecule has 17 heavy (non-hydrogen) atoms. The monoisotopic (exact) mass is 264 g/mol. The summed E-state index contributed by atoms with van der Waals surface area (Å²) in [5.41, 5.74) is 0.379. The van der Waals surface area contributed by atoms with Gasteiger partial charge in [0.05, 0.1) is 12.0 Å². The lowest BCUT2D eigenvalue weighted by Gasteiger charge is -2.33. The molecule has 1 saturated heterocycles. The molecule has 8 heteroatoms. The van der Waals surface area contributed by atoms with Crippen molar-refractivity contribution in [1.29, 1.82) is 0 Å². The van der Waals surface area contributed by atoms with Crippen molar-refractivity contribution < 1.29 is 22.4 Å². The summed E-state index contributed by atoms with van der Waals surface area (Å²) in [6.45, 7) is -0.534. The topological polar surface area (TPSA) is 45.5 Å². The fraction of sp³-hybridized carbons (Fsp3) is 0.333. The minimum atomic E-state index is -4.60. The fourth-order valence-corrected chi connectivity index (χ4v) is 1.77. The Bertz CT molecular complexity index is 444. The van der Waals surface area contributed by atoms with Crippen LogP contribution in [0.15, 0.2) is 23.0 Å². The highest BCUT2D eigenvalue weighted by molar-refractivity contribution is 7.80. The first-order chi connectivity index (χ1) is 7.89. The molecule has 1 aliphatic rings. The van der Waals surface area contributed by atoms with Crippen molar-refractivity contribution in [2.24, 2.45) is 5.92 Å². The molecule has 0 radical (unpaired) electrons. The zero-order chi connectivity index (χ0) is 12.6. The van der Waals surface area contributed by atoms with Crippen LogP contribution in [0.4, 0.5) is 18.9 Å². The Morgan fingerprint density at radius 1 is 1.53 bits per heavy atom.